The maximum atomic E-state index is 14.5. The largest absolute Gasteiger partial charge is 0.497 e. The average Bonchev–Trinajstić information content (AvgIpc) is 2.79. The van der Waals surface area contributed by atoms with E-state index in [0.29, 0.717) is 22.3 Å². The number of nitrogens with one attached hydrogen (secondary N) is 1. The average molecular weight is 435 g/mol. The molecular weight excluding hydrogens is 417 g/mol. The Balaban J connectivity index is 1.64. The molecule has 31 heavy (non-hydrogen) atoms. The number of fused-ring (bicyclic) bond motifs is 1. The molecule has 0 atom stereocenters. The molecule has 1 N–H and O–H groups in total. The number of rotatable bonds is 6. The van der Waals surface area contributed by atoms with Crippen LogP contribution in [0.15, 0.2) is 82.7 Å². The minimum atomic E-state index is -0.550. The second-order valence-electron chi connectivity index (χ2n) is 6.57. The Bertz CT molecular complexity index is 1310. The highest BCUT2D eigenvalue weighted by Gasteiger charge is 2.17. The van der Waals surface area contributed by atoms with Crippen molar-refractivity contribution in [3.05, 3.63) is 89.0 Å². The molecular formula is C23H18FN3O3S. The van der Waals surface area contributed by atoms with E-state index in [-0.39, 0.29) is 22.5 Å². The van der Waals surface area contributed by atoms with Crippen LogP contribution in [0.3, 0.4) is 0 Å². The first-order valence-electron chi connectivity index (χ1n) is 9.40. The van der Waals surface area contributed by atoms with Crippen molar-refractivity contribution in [2.45, 2.75) is 5.16 Å². The summed E-state index contributed by atoms with van der Waals surface area (Å²) in [7, 11) is 1.57. The van der Waals surface area contributed by atoms with Crippen molar-refractivity contribution in [2.24, 2.45) is 0 Å². The molecule has 6 nitrogen and oxygen atoms in total. The highest BCUT2D eigenvalue weighted by molar-refractivity contribution is 7.99. The monoisotopic (exact) mass is 435 g/mol. The summed E-state index contributed by atoms with van der Waals surface area (Å²) in [6.07, 6.45) is 0. The minimum Gasteiger partial charge on any atom is -0.497 e. The Morgan fingerprint density at radius 3 is 2.52 bits per heavy atom. The number of anilines is 1. The van der Waals surface area contributed by atoms with Gasteiger partial charge >= 0.3 is 0 Å². The van der Waals surface area contributed by atoms with Crippen LogP contribution in [-0.2, 0) is 4.79 Å². The lowest BCUT2D eigenvalue weighted by molar-refractivity contribution is -0.113. The Morgan fingerprint density at radius 2 is 1.77 bits per heavy atom. The number of carbonyl (C=O) groups excluding carboxylic acids is 1. The Kier molecular flexibility index (Phi) is 5.99. The number of carbonyl (C=O) groups is 1. The smallest absolute Gasteiger partial charge is 0.266 e. The van der Waals surface area contributed by atoms with Crippen molar-refractivity contribution in [1.29, 1.82) is 0 Å². The van der Waals surface area contributed by atoms with E-state index in [0.717, 1.165) is 11.8 Å². The van der Waals surface area contributed by atoms with Gasteiger partial charge in [-0.25, -0.2) is 9.37 Å². The molecule has 0 saturated carbocycles. The molecule has 8 heteroatoms. The van der Waals surface area contributed by atoms with Crippen LogP contribution in [0.2, 0.25) is 0 Å². The van der Waals surface area contributed by atoms with Crippen LogP contribution < -0.4 is 15.6 Å². The van der Waals surface area contributed by atoms with Gasteiger partial charge in [0.05, 0.1) is 29.5 Å². The molecule has 1 heterocycles. The molecule has 0 saturated heterocycles. The van der Waals surface area contributed by atoms with Crippen LogP contribution in [-0.4, -0.2) is 28.3 Å². The third-order valence-corrected chi connectivity index (χ3v) is 5.48. The Hall–Kier alpha value is -3.65. The normalized spacial score (nSPS) is 10.8. The summed E-state index contributed by atoms with van der Waals surface area (Å²) in [5.74, 6) is -0.156. The summed E-state index contributed by atoms with van der Waals surface area (Å²) in [5, 5.41) is 3.39. The van der Waals surface area contributed by atoms with E-state index >= 15 is 0 Å². The summed E-state index contributed by atoms with van der Waals surface area (Å²) in [4.78, 5) is 30.1. The molecule has 4 rings (SSSR count). The topological polar surface area (TPSA) is 73.2 Å². The summed E-state index contributed by atoms with van der Waals surface area (Å²) >= 11 is 1.06. The van der Waals surface area contributed by atoms with Crippen LogP contribution >= 0.6 is 11.8 Å². The molecule has 0 spiro atoms. The lowest BCUT2D eigenvalue weighted by Crippen LogP contribution is -2.23. The van der Waals surface area contributed by atoms with Crippen molar-refractivity contribution in [1.82, 2.24) is 9.55 Å². The van der Waals surface area contributed by atoms with Crippen molar-refractivity contribution in [3.63, 3.8) is 0 Å². The summed E-state index contributed by atoms with van der Waals surface area (Å²) in [6.45, 7) is 0. The van der Waals surface area contributed by atoms with Gasteiger partial charge in [-0.2, -0.15) is 0 Å². The van der Waals surface area contributed by atoms with Crippen LogP contribution in [0.4, 0.5) is 10.1 Å². The van der Waals surface area contributed by atoms with Crippen LogP contribution in [0, 0.1) is 5.82 Å². The number of hydrogen-bond acceptors (Lipinski definition) is 5. The van der Waals surface area contributed by atoms with Gasteiger partial charge in [-0.1, -0.05) is 36.0 Å². The van der Waals surface area contributed by atoms with Gasteiger partial charge in [0, 0.05) is 5.69 Å². The maximum absolute atomic E-state index is 14.5. The molecule has 3 aromatic carbocycles. The third-order valence-electron chi connectivity index (χ3n) is 4.54. The molecule has 0 aliphatic heterocycles. The van der Waals surface area contributed by atoms with Gasteiger partial charge in [0.1, 0.15) is 11.6 Å². The number of hydrogen-bond donors (Lipinski definition) is 1. The number of halogens is 1. The Morgan fingerprint density at radius 1 is 1.06 bits per heavy atom. The minimum absolute atomic E-state index is 0.00867. The molecule has 0 unspecified atom stereocenters. The first kappa shape index (κ1) is 20.6. The van der Waals surface area contributed by atoms with Crippen LogP contribution in [0.5, 0.6) is 5.75 Å². The van der Waals surface area contributed by atoms with Gasteiger partial charge in [-0.3, -0.25) is 14.2 Å². The Labute approximate surface area is 181 Å². The highest BCUT2D eigenvalue weighted by atomic mass is 32.2. The predicted octanol–water partition coefficient (Wildman–Crippen LogP) is 4.26. The fraction of sp³-hybridized carbons (Fsp3) is 0.0870. The first-order chi connectivity index (χ1) is 15.1. The fourth-order valence-electron chi connectivity index (χ4n) is 3.06. The van der Waals surface area contributed by atoms with Gasteiger partial charge in [-0.15, -0.1) is 0 Å². The molecule has 0 aliphatic carbocycles. The lowest BCUT2D eigenvalue weighted by Gasteiger charge is -2.14. The van der Waals surface area contributed by atoms with E-state index in [2.05, 4.69) is 10.3 Å². The van der Waals surface area contributed by atoms with Gasteiger partial charge < -0.3 is 10.1 Å². The zero-order valence-corrected chi connectivity index (χ0v) is 17.4. The number of methoxy groups -OCH3 is 1. The molecule has 0 bridgehead atoms. The number of ether oxygens (including phenoxy) is 1. The summed E-state index contributed by atoms with van der Waals surface area (Å²) in [5.41, 5.74) is 0.792. The number of amides is 1. The predicted molar refractivity (Wildman–Crippen MR) is 120 cm³/mol. The van der Waals surface area contributed by atoms with E-state index in [1.54, 1.807) is 67.8 Å². The quantitative estimate of drug-likeness (QED) is 0.362. The SMILES string of the molecule is COc1ccc(NC(=O)CSc2nc3ccccc3c(=O)n2-c2ccccc2F)cc1. The molecule has 0 fully saturated rings. The van der Waals surface area contributed by atoms with E-state index in [1.165, 1.54) is 16.7 Å². The van der Waals surface area contributed by atoms with E-state index < -0.39 is 11.4 Å². The third kappa shape index (κ3) is 4.44. The number of benzene rings is 3. The fourth-order valence-corrected chi connectivity index (χ4v) is 3.86. The maximum Gasteiger partial charge on any atom is 0.266 e. The second-order valence-corrected chi connectivity index (χ2v) is 7.51. The van der Waals surface area contributed by atoms with E-state index in [9.17, 15) is 14.0 Å². The van der Waals surface area contributed by atoms with Crippen LogP contribution in [0.1, 0.15) is 0 Å². The zero-order chi connectivity index (χ0) is 21.8. The number of aromatic nitrogens is 2. The van der Waals surface area contributed by atoms with Gasteiger partial charge in [0.25, 0.3) is 5.56 Å². The number of nitrogens with zero attached hydrogens (tertiary/aromatic N) is 2. The lowest BCUT2D eigenvalue weighted by atomic mass is 10.2. The summed E-state index contributed by atoms with van der Waals surface area (Å²) < 4.78 is 20.8. The molecule has 4 aromatic rings. The van der Waals surface area contributed by atoms with Crippen molar-refractivity contribution >= 4 is 34.3 Å². The first-order valence-corrected chi connectivity index (χ1v) is 10.4. The van der Waals surface area contributed by atoms with Crippen molar-refractivity contribution < 1.29 is 13.9 Å². The van der Waals surface area contributed by atoms with E-state index in [1.807, 2.05) is 0 Å². The van der Waals surface area contributed by atoms with Crippen molar-refractivity contribution in [2.75, 3.05) is 18.2 Å². The zero-order valence-electron chi connectivity index (χ0n) is 16.5. The molecule has 156 valence electrons. The molecule has 0 radical (unpaired) electrons. The van der Waals surface area contributed by atoms with E-state index in [4.69, 9.17) is 4.74 Å². The van der Waals surface area contributed by atoms with Crippen LogP contribution in [0.25, 0.3) is 16.6 Å². The van der Waals surface area contributed by atoms with Gasteiger partial charge in [0.2, 0.25) is 5.91 Å². The number of thioether (sulfide) groups is 1. The number of para-hydroxylation sites is 2. The second kappa shape index (κ2) is 9.01. The van der Waals surface area contributed by atoms with Gasteiger partial charge in [0.15, 0.2) is 5.16 Å². The highest BCUT2D eigenvalue weighted by Crippen LogP contribution is 2.23. The van der Waals surface area contributed by atoms with Gasteiger partial charge in [-0.05, 0) is 48.5 Å². The summed E-state index contributed by atoms with van der Waals surface area (Å²) in [6, 6.07) is 19.8. The molecule has 1 aromatic heterocycles. The molecule has 1 amide bonds. The molecule has 0 aliphatic rings. The van der Waals surface area contributed by atoms with Crippen molar-refractivity contribution in [3.8, 4) is 11.4 Å². The standard InChI is InChI=1S/C23H18FN3O3S/c1-30-16-12-10-15(11-13-16)25-21(28)14-31-23-26-19-8-4-2-6-17(19)22(29)27(23)20-9-5-3-7-18(20)24/h2-13H,14H2,1H3,(H,25,28).